The number of nitrogens with zero attached hydrogens (tertiary/aromatic N) is 4. The summed E-state index contributed by atoms with van der Waals surface area (Å²) in [7, 11) is 0. The number of aromatic nitrogens is 2. The fourth-order valence-corrected chi connectivity index (χ4v) is 2.57. The van der Waals surface area contributed by atoms with E-state index < -0.39 is 0 Å². The van der Waals surface area contributed by atoms with Gasteiger partial charge in [-0.3, -0.25) is 4.79 Å². The van der Waals surface area contributed by atoms with E-state index in [-0.39, 0.29) is 0 Å². The number of hydrogen-bond acceptors (Lipinski definition) is 4. The van der Waals surface area contributed by atoms with Crippen molar-refractivity contribution in [2.24, 2.45) is 5.92 Å². The lowest BCUT2D eigenvalue weighted by molar-refractivity contribution is -0.132. The van der Waals surface area contributed by atoms with Crippen molar-refractivity contribution in [3.05, 3.63) is 18.1 Å². The molecular formula is C14H20N4O. The van der Waals surface area contributed by atoms with Crippen LogP contribution in [0.25, 0.3) is 0 Å². The molecule has 102 valence electrons. The fraction of sp³-hybridized carbons (Fsp3) is 0.643. The maximum Gasteiger partial charge on any atom is 0.225 e. The largest absolute Gasteiger partial charge is 0.355 e. The minimum Gasteiger partial charge on any atom is -0.355 e. The molecule has 3 rings (SSSR count). The van der Waals surface area contributed by atoms with E-state index in [2.05, 4.69) is 14.9 Å². The van der Waals surface area contributed by atoms with Crippen LogP contribution in [0.2, 0.25) is 0 Å². The Morgan fingerprint density at radius 2 is 2.05 bits per heavy atom. The van der Waals surface area contributed by atoms with E-state index in [0.29, 0.717) is 11.8 Å². The zero-order valence-corrected chi connectivity index (χ0v) is 11.4. The van der Waals surface area contributed by atoms with Crippen LogP contribution < -0.4 is 4.90 Å². The van der Waals surface area contributed by atoms with E-state index in [4.69, 9.17) is 0 Å². The van der Waals surface area contributed by atoms with Gasteiger partial charge in [-0.15, -0.1) is 0 Å². The molecule has 0 unspecified atom stereocenters. The Morgan fingerprint density at radius 3 is 2.79 bits per heavy atom. The van der Waals surface area contributed by atoms with Crippen molar-refractivity contribution in [1.29, 1.82) is 0 Å². The lowest BCUT2D eigenvalue weighted by Gasteiger charge is -2.22. The van der Waals surface area contributed by atoms with Gasteiger partial charge in [0, 0.05) is 43.9 Å². The van der Waals surface area contributed by atoms with Gasteiger partial charge in [-0.2, -0.15) is 0 Å². The standard InChI is InChI=1S/C14H20N4O/c1-11-9-13(16-10-15-11)17-5-2-6-18(8-7-17)14(19)12-3-4-12/h9-10,12H,2-8H2,1H3. The Balaban J connectivity index is 1.65. The molecule has 0 spiro atoms. The third-order valence-corrected chi connectivity index (χ3v) is 3.85. The predicted octanol–water partition coefficient (Wildman–Crippen LogP) is 1.23. The first-order chi connectivity index (χ1) is 9.24. The number of anilines is 1. The van der Waals surface area contributed by atoms with Crippen LogP contribution in [0.4, 0.5) is 5.82 Å². The van der Waals surface area contributed by atoms with Crippen LogP contribution >= 0.6 is 0 Å². The van der Waals surface area contributed by atoms with Crippen molar-refractivity contribution in [2.45, 2.75) is 26.2 Å². The van der Waals surface area contributed by atoms with Gasteiger partial charge in [-0.25, -0.2) is 9.97 Å². The first-order valence-electron chi connectivity index (χ1n) is 7.06. The molecule has 1 aliphatic carbocycles. The van der Waals surface area contributed by atoms with E-state index >= 15 is 0 Å². The molecule has 2 heterocycles. The quantitative estimate of drug-likeness (QED) is 0.802. The second kappa shape index (κ2) is 5.15. The molecule has 2 aliphatic rings. The highest BCUT2D eigenvalue weighted by Crippen LogP contribution is 2.31. The molecule has 1 aromatic heterocycles. The highest BCUT2D eigenvalue weighted by Gasteiger charge is 2.33. The second-order valence-electron chi connectivity index (χ2n) is 5.46. The molecule has 0 N–H and O–H groups in total. The number of rotatable bonds is 2. The summed E-state index contributed by atoms with van der Waals surface area (Å²) in [4.78, 5) is 24.8. The molecule has 1 aromatic rings. The van der Waals surface area contributed by atoms with Gasteiger partial charge in [0.15, 0.2) is 0 Å². The van der Waals surface area contributed by atoms with E-state index in [0.717, 1.165) is 57.0 Å². The maximum absolute atomic E-state index is 12.1. The van der Waals surface area contributed by atoms with Crippen LogP contribution in [0.5, 0.6) is 0 Å². The Bertz CT molecular complexity index is 472. The van der Waals surface area contributed by atoms with Gasteiger partial charge in [-0.1, -0.05) is 0 Å². The number of carbonyl (C=O) groups is 1. The van der Waals surface area contributed by atoms with E-state index in [1.165, 1.54) is 0 Å². The predicted molar refractivity (Wildman–Crippen MR) is 72.9 cm³/mol. The summed E-state index contributed by atoms with van der Waals surface area (Å²) >= 11 is 0. The van der Waals surface area contributed by atoms with Crippen LogP contribution in [-0.2, 0) is 4.79 Å². The number of carbonyl (C=O) groups excluding carboxylic acids is 1. The lowest BCUT2D eigenvalue weighted by Crippen LogP contribution is -2.36. The molecule has 5 nitrogen and oxygen atoms in total. The van der Waals surface area contributed by atoms with Gasteiger partial charge in [0.25, 0.3) is 0 Å². The SMILES string of the molecule is Cc1cc(N2CCCN(C(=O)C3CC3)CC2)ncn1. The molecule has 1 saturated heterocycles. The van der Waals surface area contributed by atoms with Crippen LogP contribution in [0.15, 0.2) is 12.4 Å². The van der Waals surface area contributed by atoms with Crippen molar-refractivity contribution in [2.75, 3.05) is 31.1 Å². The summed E-state index contributed by atoms with van der Waals surface area (Å²) in [5, 5.41) is 0. The van der Waals surface area contributed by atoms with Crippen LogP contribution in [0, 0.1) is 12.8 Å². The number of aryl methyl sites for hydroxylation is 1. The maximum atomic E-state index is 12.1. The highest BCUT2D eigenvalue weighted by atomic mass is 16.2. The summed E-state index contributed by atoms with van der Waals surface area (Å²) in [6.45, 7) is 5.51. The Hall–Kier alpha value is -1.65. The molecule has 5 heteroatoms. The monoisotopic (exact) mass is 260 g/mol. The molecular weight excluding hydrogens is 240 g/mol. The topological polar surface area (TPSA) is 49.3 Å². The average Bonchev–Trinajstić information content (AvgIpc) is 3.24. The van der Waals surface area contributed by atoms with Crippen LogP contribution in [0.1, 0.15) is 25.0 Å². The van der Waals surface area contributed by atoms with Crippen LogP contribution in [0.3, 0.4) is 0 Å². The minimum atomic E-state index is 0.327. The van der Waals surface area contributed by atoms with Crippen molar-refractivity contribution in [1.82, 2.24) is 14.9 Å². The molecule has 2 fully saturated rings. The number of amides is 1. The molecule has 0 atom stereocenters. The Kier molecular flexibility index (Phi) is 3.36. The highest BCUT2D eigenvalue weighted by molar-refractivity contribution is 5.81. The van der Waals surface area contributed by atoms with Gasteiger partial charge in [0.2, 0.25) is 5.91 Å². The summed E-state index contributed by atoms with van der Waals surface area (Å²) < 4.78 is 0. The zero-order chi connectivity index (χ0) is 13.2. The summed E-state index contributed by atoms with van der Waals surface area (Å²) in [6, 6.07) is 2.01. The summed E-state index contributed by atoms with van der Waals surface area (Å²) in [5.41, 5.74) is 0.986. The second-order valence-corrected chi connectivity index (χ2v) is 5.46. The molecule has 19 heavy (non-hydrogen) atoms. The van der Waals surface area contributed by atoms with Crippen molar-refractivity contribution >= 4 is 11.7 Å². The fourth-order valence-electron chi connectivity index (χ4n) is 2.57. The molecule has 0 bridgehead atoms. The van der Waals surface area contributed by atoms with Gasteiger partial charge < -0.3 is 9.80 Å². The smallest absolute Gasteiger partial charge is 0.225 e. The van der Waals surface area contributed by atoms with E-state index in [9.17, 15) is 4.79 Å². The van der Waals surface area contributed by atoms with Crippen molar-refractivity contribution in [3.63, 3.8) is 0 Å². The molecule has 0 aromatic carbocycles. The summed E-state index contributed by atoms with van der Waals surface area (Å²) in [5.74, 6) is 1.67. The van der Waals surface area contributed by atoms with Crippen LogP contribution in [-0.4, -0.2) is 47.0 Å². The molecule has 1 saturated carbocycles. The Morgan fingerprint density at radius 1 is 1.21 bits per heavy atom. The zero-order valence-electron chi connectivity index (χ0n) is 11.4. The molecule has 1 aliphatic heterocycles. The normalized spacial score (nSPS) is 20.3. The third kappa shape index (κ3) is 2.85. The third-order valence-electron chi connectivity index (χ3n) is 3.85. The summed E-state index contributed by atoms with van der Waals surface area (Å²) in [6.07, 6.45) is 4.80. The Labute approximate surface area is 113 Å². The van der Waals surface area contributed by atoms with Crippen molar-refractivity contribution in [3.8, 4) is 0 Å². The van der Waals surface area contributed by atoms with Gasteiger partial charge in [-0.05, 0) is 26.2 Å². The van der Waals surface area contributed by atoms with E-state index in [1.54, 1.807) is 6.33 Å². The van der Waals surface area contributed by atoms with Crippen molar-refractivity contribution < 1.29 is 4.79 Å². The lowest BCUT2D eigenvalue weighted by atomic mass is 10.3. The first-order valence-corrected chi connectivity index (χ1v) is 7.06. The number of hydrogen-bond donors (Lipinski definition) is 0. The minimum absolute atomic E-state index is 0.327. The average molecular weight is 260 g/mol. The van der Waals surface area contributed by atoms with Gasteiger partial charge in [0.1, 0.15) is 12.1 Å². The van der Waals surface area contributed by atoms with Gasteiger partial charge >= 0.3 is 0 Å². The van der Waals surface area contributed by atoms with Gasteiger partial charge in [0.05, 0.1) is 0 Å². The molecule has 0 radical (unpaired) electrons. The van der Waals surface area contributed by atoms with E-state index in [1.807, 2.05) is 17.9 Å². The first kappa shape index (κ1) is 12.4. The molecule has 1 amide bonds.